The lowest BCUT2D eigenvalue weighted by molar-refractivity contribution is 0.592. The summed E-state index contributed by atoms with van der Waals surface area (Å²) in [5.41, 5.74) is 8.47. The van der Waals surface area contributed by atoms with E-state index in [2.05, 4.69) is 42.0 Å². The summed E-state index contributed by atoms with van der Waals surface area (Å²) < 4.78 is 2.43. The largest absolute Gasteiger partial charge is 0.347 e. The van der Waals surface area contributed by atoms with E-state index in [0.29, 0.717) is 0 Å². The number of hydrogen-bond acceptors (Lipinski definition) is 1. The van der Waals surface area contributed by atoms with Crippen LogP contribution in [0.5, 0.6) is 0 Å². The minimum atomic E-state index is 0.774. The van der Waals surface area contributed by atoms with Crippen molar-refractivity contribution in [1.29, 1.82) is 0 Å². The average Bonchev–Trinajstić information content (AvgIpc) is 2.80. The Hall–Kier alpha value is -1.28. The van der Waals surface area contributed by atoms with Crippen molar-refractivity contribution >= 4 is 10.9 Å². The molecule has 0 aliphatic carbocycles. The highest BCUT2D eigenvalue weighted by Gasteiger charge is 2.07. The van der Waals surface area contributed by atoms with E-state index in [1.807, 2.05) is 0 Å². The molecule has 2 aromatic rings. The van der Waals surface area contributed by atoms with Crippen LogP contribution < -0.4 is 5.73 Å². The lowest BCUT2D eigenvalue weighted by Crippen LogP contribution is -2.00. The van der Waals surface area contributed by atoms with E-state index in [1.165, 1.54) is 42.1 Å². The van der Waals surface area contributed by atoms with Gasteiger partial charge in [-0.1, -0.05) is 44.4 Å². The molecule has 0 saturated heterocycles. The molecule has 104 valence electrons. The molecule has 1 heterocycles. The molecule has 1 aromatic carbocycles. The van der Waals surface area contributed by atoms with Gasteiger partial charge in [0, 0.05) is 23.6 Å². The van der Waals surface area contributed by atoms with E-state index in [4.69, 9.17) is 5.73 Å². The number of benzene rings is 1. The molecular weight excluding hydrogens is 232 g/mol. The summed E-state index contributed by atoms with van der Waals surface area (Å²) in [6.07, 6.45) is 9.77. The highest BCUT2D eigenvalue weighted by molar-refractivity contribution is 5.83. The smallest absolute Gasteiger partial charge is 0.0483 e. The van der Waals surface area contributed by atoms with Crippen molar-refractivity contribution in [3.05, 3.63) is 36.0 Å². The van der Waals surface area contributed by atoms with Crippen molar-refractivity contribution in [3.63, 3.8) is 0 Å². The number of aromatic nitrogens is 1. The fraction of sp³-hybridized carbons (Fsp3) is 0.529. The highest BCUT2D eigenvalue weighted by atomic mass is 15.0. The van der Waals surface area contributed by atoms with Crippen molar-refractivity contribution in [2.45, 2.75) is 52.0 Å². The van der Waals surface area contributed by atoms with Gasteiger partial charge in [-0.25, -0.2) is 0 Å². The van der Waals surface area contributed by atoms with E-state index in [1.54, 1.807) is 0 Å². The second kappa shape index (κ2) is 7.34. The normalized spacial score (nSPS) is 11.3. The van der Waals surface area contributed by atoms with Crippen LogP contribution in [0, 0.1) is 0 Å². The fourth-order valence-electron chi connectivity index (χ4n) is 2.71. The number of aryl methyl sites for hydroxylation is 2. The van der Waals surface area contributed by atoms with Crippen molar-refractivity contribution in [1.82, 2.24) is 4.57 Å². The molecule has 0 fully saturated rings. The summed E-state index contributed by atoms with van der Waals surface area (Å²) in [6, 6.07) is 8.75. The highest BCUT2D eigenvalue weighted by Crippen LogP contribution is 2.23. The Morgan fingerprint density at radius 2 is 1.89 bits per heavy atom. The maximum atomic E-state index is 5.63. The molecule has 2 rings (SSSR count). The van der Waals surface area contributed by atoms with Crippen molar-refractivity contribution in [3.8, 4) is 0 Å². The third kappa shape index (κ3) is 3.60. The number of rotatable bonds is 8. The minimum Gasteiger partial charge on any atom is -0.347 e. The molecule has 0 amide bonds. The van der Waals surface area contributed by atoms with Crippen LogP contribution in [-0.2, 0) is 13.0 Å². The number of hydrogen-bond donors (Lipinski definition) is 1. The van der Waals surface area contributed by atoms with Crippen molar-refractivity contribution in [2.24, 2.45) is 5.73 Å². The summed E-state index contributed by atoms with van der Waals surface area (Å²) in [4.78, 5) is 0. The Morgan fingerprint density at radius 1 is 1.05 bits per heavy atom. The molecule has 2 heteroatoms. The molecule has 0 spiro atoms. The zero-order chi connectivity index (χ0) is 13.5. The van der Waals surface area contributed by atoms with Crippen LogP contribution in [0.3, 0.4) is 0 Å². The molecule has 0 saturated carbocycles. The van der Waals surface area contributed by atoms with Gasteiger partial charge in [-0.2, -0.15) is 0 Å². The minimum absolute atomic E-state index is 0.774. The quantitative estimate of drug-likeness (QED) is 0.710. The van der Waals surface area contributed by atoms with Crippen molar-refractivity contribution in [2.75, 3.05) is 6.54 Å². The molecule has 0 bridgehead atoms. The molecule has 0 atom stereocenters. The Morgan fingerprint density at radius 3 is 2.68 bits per heavy atom. The van der Waals surface area contributed by atoms with Crippen LogP contribution in [-0.4, -0.2) is 11.1 Å². The number of unbranched alkanes of at least 4 members (excludes halogenated alkanes) is 3. The molecule has 0 aliphatic heterocycles. The second-order valence-corrected chi connectivity index (χ2v) is 5.32. The molecule has 0 radical (unpaired) electrons. The Labute approximate surface area is 116 Å². The first kappa shape index (κ1) is 14.1. The first-order chi connectivity index (χ1) is 9.36. The summed E-state index contributed by atoms with van der Waals surface area (Å²) in [7, 11) is 0. The molecule has 0 unspecified atom stereocenters. The molecule has 2 N–H and O–H groups in total. The van der Waals surface area contributed by atoms with Gasteiger partial charge in [0.25, 0.3) is 0 Å². The van der Waals surface area contributed by atoms with E-state index in [9.17, 15) is 0 Å². The maximum absolute atomic E-state index is 5.63. The predicted octanol–water partition coefficient (Wildman–Crippen LogP) is 4.11. The molecule has 1 aromatic heterocycles. The SMILES string of the molecule is CCCCCCn1cc(CCCN)c2ccccc21. The van der Waals surface area contributed by atoms with Gasteiger partial charge in [0.05, 0.1) is 0 Å². The van der Waals surface area contributed by atoms with E-state index < -0.39 is 0 Å². The van der Waals surface area contributed by atoms with E-state index in [0.717, 1.165) is 25.9 Å². The topological polar surface area (TPSA) is 30.9 Å². The van der Waals surface area contributed by atoms with Crippen molar-refractivity contribution < 1.29 is 0 Å². The molecule has 2 nitrogen and oxygen atoms in total. The monoisotopic (exact) mass is 258 g/mol. The summed E-state index contributed by atoms with van der Waals surface area (Å²) in [5.74, 6) is 0. The Bertz CT molecular complexity index is 499. The van der Waals surface area contributed by atoms with Gasteiger partial charge in [0.15, 0.2) is 0 Å². The van der Waals surface area contributed by atoms with Crippen LogP contribution in [0.25, 0.3) is 10.9 Å². The lowest BCUT2D eigenvalue weighted by atomic mass is 10.1. The van der Waals surface area contributed by atoms with Crippen LogP contribution in [0.1, 0.15) is 44.6 Å². The van der Waals surface area contributed by atoms with Gasteiger partial charge in [-0.05, 0) is 37.4 Å². The van der Waals surface area contributed by atoms with E-state index >= 15 is 0 Å². The van der Waals surface area contributed by atoms with E-state index in [-0.39, 0.29) is 0 Å². The standard InChI is InChI=1S/C17H26N2/c1-2-3-4-7-13-19-14-15(9-8-12-18)16-10-5-6-11-17(16)19/h5-6,10-11,14H,2-4,7-9,12-13,18H2,1H3. The third-order valence-electron chi connectivity index (χ3n) is 3.77. The molecular formula is C17H26N2. The van der Waals surface area contributed by atoms with Crippen LogP contribution in [0.2, 0.25) is 0 Å². The van der Waals surface area contributed by atoms with Gasteiger partial charge in [0.1, 0.15) is 0 Å². The van der Waals surface area contributed by atoms with Gasteiger partial charge in [-0.15, -0.1) is 0 Å². The second-order valence-electron chi connectivity index (χ2n) is 5.32. The number of nitrogens with two attached hydrogens (primary N) is 1. The molecule has 0 aliphatic rings. The first-order valence-corrected chi connectivity index (χ1v) is 7.63. The third-order valence-corrected chi connectivity index (χ3v) is 3.77. The van der Waals surface area contributed by atoms with Crippen LogP contribution in [0.4, 0.5) is 0 Å². The molecule has 19 heavy (non-hydrogen) atoms. The summed E-state index contributed by atoms with van der Waals surface area (Å²) in [5, 5.41) is 1.41. The summed E-state index contributed by atoms with van der Waals surface area (Å²) >= 11 is 0. The Kier molecular flexibility index (Phi) is 5.46. The fourth-order valence-corrected chi connectivity index (χ4v) is 2.71. The number of fused-ring (bicyclic) bond motifs is 1. The first-order valence-electron chi connectivity index (χ1n) is 7.63. The van der Waals surface area contributed by atoms with Crippen LogP contribution >= 0.6 is 0 Å². The number of nitrogens with zero attached hydrogens (tertiary/aromatic N) is 1. The zero-order valence-corrected chi connectivity index (χ0v) is 12.1. The van der Waals surface area contributed by atoms with Crippen LogP contribution in [0.15, 0.2) is 30.5 Å². The van der Waals surface area contributed by atoms with Gasteiger partial charge in [0.2, 0.25) is 0 Å². The Balaban J connectivity index is 2.13. The van der Waals surface area contributed by atoms with Gasteiger partial charge >= 0.3 is 0 Å². The van der Waals surface area contributed by atoms with Gasteiger partial charge < -0.3 is 10.3 Å². The van der Waals surface area contributed by atoms with Gasteiger partial charge in [-0.3, -0.25) is 0 Å². The maximum Gasteiger partial charge on any atom is 0.0483 e. The predicted molar refractivity (Wildman–Crippen MR) is 83.5 cm³/mol. The average molecular weight is 258 g/mol. The number of para-hydroxylation sites is 1. The zero-order valence-electron chi connectivity index (χ0n) is 12.1. The summed E-state index contributed by atoms with van der Waals surface area (Å²) in [6.45, 7) is 4.18. The lowest BCUT2D eigenvalue weighted by Gasteiger charge is -2.04.